The van der Waals surface area contributed by atoms with Crippen LogP contribution in [0.2, 0.25) is 0 Å². The Hall–Kier alpha value is -3.65. The van der Waals surface area contributed by atoms with Crippen molar-refractivity contribution in [2.45, 2.75) is 32.6 Å². The zero-order valence-corrected chi connectivity index (χ0v) is 19.2. The highest BCUT2D eigenvalue weighted by Gasteiger charge is 2.29. The minimum atomic E-state index is -0.543. The van der Waals surface area contributed by atoms with Crippen LogP contribution in [0.4, 0.5) is 5.69 Å². The molecule has 1 aromatic heterocycles. The molecule has 3 aromatic rings. The van der Waals surface area contributed by atoms with Crippen LogP contribution in [0.5, 0.6) is 5.75 Å². The first-order chi connectivity index (χ1) is 16.5. The van der Waals surface area contributed by atoms with Gasteiger partial charge in [-0.1, -0.05) is 31.5 Å². The highest BCUT2D eigenvalue weighted by atomic mass is 16.6. The van der Waals surface area contributed by atoms with Crippen LogP contribution in [0, 0.1) is 0 Å². The van der Waals surface area contributed by atoms with E-state index in [1.807, 2.05) is 31.2 Å². The zero-order chi connectivity index (χ0) is 24.1. The van der Waals surface area contributed by atoms with E-state index in [2.05, 4.69) is 0 Å². The lowest BCUT2D eigenvalue weighted by Gasteiger charge is -2.30. The molecule has 1 aliphatic rings. The average molecular weight is 465 g/mol. The molecular weight excluding hydrogens is 436 g/mol. The van der Waals surface area contributed by atoms with Crippen LogP contribution in [0.1, 0.15) is 41.3 Å². The van der Waals surface area contributed by atoms with Crippen molar-refractivity contribution in [2.75, 3.05) is 31.2 Å². The molecule has 2 heterocycles. The van der Waals surface area contributed by atoms with Gasteiger partial charge in [0.2, 0.25) is 0 Å². The predicted octanol–water partition coefficient (Wildman–Crippen LogP) is 3.22. The Bertz CT molecular complexity index is 1270. The number of fused-ring (bicyclic) bond motifs is 2. The van der Waals surface area contributed by atoms with Crippen LogP contribution in [-0.4, -0.2) is 38.2 Å². The number of carbonyl (C=O) groups excluding carboxylic acids is 2. The lowest BCUT2D eigenvalue weighted by molar-refractivity contribution is -0.142. The van der Waals surface area contributed by atoms with Crippen LogP contribution in [0.3, 0.4) is 0 Å². The number of rotatable bonds is 8. The smallest absolute Gasteiger partial charge is 0.336 e. The van der Waals surface area contributed by atoms with Crippen molar-refractivity contribution in [2.24, 2.45) is 5.73 Å². The van der Waals surface area contributed by atoms with Crippen LogP contribution in [-0.2, 0) is 22.4 Å². The summed E-state index contributed by atoms with van der Waals surface area (Å²) in [6, 6.07) is 12.8. The van der Waals surface area contributed by atoms with Gasteiger partial charge < -0.3 is 24.5 Å². The second kappa shape index (κ2) is 10.5. The van der Waals surface area contributed by atoms with E-state index >= 15 is 0 Å². The summed E-state index contributed by atoms with van der Waals surface area (Å²) in [5.74, 6) is -0.580. The fourth-order valence-electron chi connectivity index (χ4n) is 4.32. The summed E-state index contributed by atoms with van der Waals surface area (Å²) < 4.78 is 16.4. The third-order valence-electron chi connectivity index (χ3n) is 5.82. The lowest BCUT2D eigenvalue weighted by Crippen LogP contribution is -2.36. The number of esters is 1. The van der Waals surface area contributed by atoms with Gasteiger partial charge in [-0.3, -0.25) is 9.59 Å². The summed E-state index contributed by atoms with van der Waals surface area (Å²) in [5, 5.41) is 0.706. The molecule has 0 saturated heterocycles. The largest absolute Gasteiger partial charge is 0.489 e. The van der Waals surface area contributed by atoms with E-state index < -0.39 is 11.6 Å². The Morgan fingerprint density at radius 3 is 2.76 bits per heavy atom. The molecular formula is C26H28N2O6. The summed E-state index contributed by atoms with van der Waals surface area (Å²) in [4.78, 5) is 39.4. The monoisotopic (exact) mass is 464 g/mol. The third kappa shape index (κ3) is 4.82. The van der Waals surface area contributed by atoms with E-state index in [-0.39, 0.29) is 42.6 Å². The lowest BCUT2D eigenvalue weighted by atomic mass is 9.98. The number of amides is 1. The Morgan fingerprint density at radius 1 is 1.15 bits per heavy atom. The van der Waals surface area contributed by atoms with Gasteiger partial charge in [-0.15, -0.1) is 0 Å². The number of nitrogens with zero attached hydrogens (tertiary/aromatic N) is 1. The zero-order valence-electron chi connectivity index (χ0n) is 19.2. The quantitative estimate of drug-likeness (QED) is 0.309. The van der Waals surface area contributed by atoms with Gasteiger partial charge in [0.25, 0.3) is 5.91 Å². The topological polar surface area (TPSA) is 112 Å². The first kappa shape index (κ1) is 23.5. The van der Waals surface area contributed by atoms with Crippen molar-refractivity contribution < 1.29 is 23.5 Å². The van der Waals surface area contributed by atoms with E-state index in [1.54, 1.807) is 17.0 Å². The van der Waals surface area contributed by atoms with Crippen LogP contribution in [0.25, 0.3) is 11.0 Å². The van der Waals surface area contributed by atoms with Crippen molar-refractivity contribution >= 4 is 28.5 Å². The Balaban J connectivity index is 1.79. The molecule has 178 valence electrons. The van der Waals surface area contributed by atoms with E-state index in [1.165, 1.54) is 6.07 Å². The predicted molar refractivity (Wildman–Crippen MR) is 128 cm³/mol. The van der Waals surface area contributed by atoms with Crippen molar-refractivity contribution in [3.05, 3.63) is 69.6 Å². The Morgan fingerprint density at radius 2 is 1.97 bits per heavy atom. The van der Waals surface area contributed by atoms with Crippen LogP contribution < -0.4 is 21.0 Å². The molecule has 1 aliphatic heterocycles. The molecule has 0 fully saturated rings. The molecule has 0 aliphatic carbocycles. The molecule has 0 spiro atoms. The van der Waals surface area contributed by atoms with Gasteiger partial charge in [0, 0.05) is 23.7 Å². The highest BCUT2D eigenvalue weighted by molar-refractivity contribution is 6.15. The number of hydrogen-bond donors (Lipinski definition) is 1. The molecule has 34 heavy (non-hydrogen) atoms. The first-order valence-electron chi connectivity index (χ1n) is 11.5. The minimum Gasteiger partial charge on any atom is -0.489 e. The molecule has 1 amide bonds. The van der Waals surface area contributed by atoms with Crippen molar-refractivity contribution in [1.82, 2.24) is 0 Å². The van der Waals surface area contributed by atoms with Gasteiger partial charge >= 0.3 is 11.6 Å². The summed E-state index contributed by atoms with van der Waals surface area (Å²) in [5.41, 5.74) is 7.89. The molecule has 0 radical (unpaired) electrons. The average Bonchev–Trinajstić information content (AvgIpc) is 2.85. The van der Waals surface area contributed by atoms with Gasteiger partial charge in [-0.25, -0.2) is 4.79 Å². The fraction of sp³-hybridized carbons (Fsp3) is 0.346. The summed E-state index contributed by atoms with van der Waals surface area (Å²) >= 11 is 0. The number of para-hydroxylation sites is 1. The molecule has 0 saturated carbocycles. The molecule has 2 aromatic carbocycles. The van der Waals surface area contributed by atoms with Crippen molar-refractivity contribution in [1.29, 1.82) is 0 Å². The summed E-state index contributed by atoms with van der Waals surface area (Å²) in [7, 11) is 0. The second-order valence-electron chi connectivity index (χ2n) is 8.12. The number of carbonyl (C=O) groups is 2. The van der Waals surface area contributed by atoms with Gasteiger partial charge in [0.15, 0.2) is 5.58 Å². The maximum Gasteiger partial charge on any atom is 0.336 e. The number of anilines is 1. The van der Waals surface area contributed by atoms with Crippen molar-refractivity contribution in [3.63, 3.8) is 0 Å². The van der Waals surface area contributed by atoms with E-state index in [0.29, 0.717) is 18.4 Å². The molecule has 0 atom stereocenters. The van der Waals surface area contributed by atoms with E-state index in [9.17, 15) is 14.4 Å². The number of benzene rings is 2. The summed E-state index contributed by atoms with van der Waals surface area (Å²) in [6.07, 6.45) is 3.23. The fourth-order valence-corrected chi connectivity index (χ4v) is 4.32. The van der Waals surface area contributed by atoms with E-state index in [4.69, 9.17) is 19.6 Å². The standard InChI is InChI=1S/C26H28N2O6/c1-2-6-18-15-22(29)34-25-19(18)10-11-21(32-13-14-33-23(30)16-27)24(25)26(31)28-12-5-8-17-7-3-4-9-20(17)28/h3-4,7,9-11,15H,2,5-6,8,12-14,16,27H2,1H3. The van der Waals surface area contributed by atoms with Crippen LogP contribution in [0.15, 0.2) is 51.7 Å². The second-order valence-corrected chi connectivity index (χ2v) is 8.12. The van der Waals surface area contributed by atoms with Gasteiger partial charge in [-0.2, -0.15) is 0 Å². The minimum absolute atomic E-state index is 0.0198. The Labute approximate surface area is 197 Å². The molecule has 8 nitrogen and oxygen atoms in total. The molecule has 2 N–H and O–H groups in total. The highest BCUT2D eigenvalue weighted by Crippen LogP contribution is 2.34. The van der Waals surface area contributed by atoms with Crippen LogP contribution >= 0.6 is 0 Å². The first-order valence-corrected chi connectivity index (χ1v) is 11.5. The van der Waals surface area contributed by atoms with Crippen molar-refractivity contribution in [3.8, 4) is 5.75 Å². The van der Waals surface area contributed by atoms with Gasteiger partial charge in [0.1, 0.15) is 24.5 Å². The molecule has 8 heteroatoms. The number of hydrogen-bond acceptors (Lipinski definition) is 7. The molecule has 0 unspecified atom stereocenters. The maximum absolute atomic E-state index is 13.9. The van der Waals surface area contributed by atoms with E-state index in [0.717, 1.165) is 36.1 Å². The number of aryl methyl sites for hydroxylation is 2. The third-order valence-corrected chi connectivity index (χ3v) is 5.82. The normalized spacial score (nSPS) is 12.9. The van der Waals surface area contributed by atoms with Gasteiger partial charge in [0.05, 0.1) is 6.54 Å². The maximum atomic E-state index is 13.9. The van der Waals surface area contributed by atoms with Gasteiger partial charge in [-0.05, 0) is 48.6 Å². The number of nitrogens with two attached hydrogens (primary N) is 1. The summed E-state index contributed by atoms with van der Waals surface area (Å²) in [6.45, 7) is 2.34. The molecule has 4 rings (SSSR count). The SMILES string of the molecule is CCCc1cc(=O)oc2c(C(=O)N3CCCc4ccccc43)c(OCCOC(=O)CN)ccc12. The number of ether oxygens (including phenoxy) is 2. The Kier molecular flexibility index (Phi) is 7.27. The molecule has 0 bridgehead atoms.